The van der Waals surface area contributed by atoms with E-state index in [2.05, 4.69) is 21.9 Å². The van der Waals surface area contributed by atoms with Gasteiger partial charge in [0.15, 0.2) is 11.5 Å². The van der Waals surface area contributed by atoms with E-state index in [1.807, 2.05) is 0 Å². The predicted molar refractivity (Wildman–Crippen MR) is 113 cm³/mol. The lowest BCUT2D eigenvalue weighted by Gasteiger charge is -2.14. The van der Waals surface area contributed by atoms with Crippen molar-refractivity contribution in [3.63, 3.8) is 0 Å². The molecule has 1 heterocycles. The van der Waals surface area contributed by atoms with Gasteiger partial charge in [0.05, 0.1) is 23.0 Å². The number of amides is 2. The van der Waals surface area contributed by atoms with Crippen molar-refractivity contribution < 1.29 is 23.5 Å². The summed E-state index contributed by atoms with van der Waals surface area (Å²) >= 11 is 4.27. The van der Waals surface area contributed by atoms with E-state index in [0.29, 0.717) is 27.1 Å². The number of thioether (sulfide) groups is 1. The molecule has 0 unspecified atom stereocenters. The quantitative estimate of drug-likeness (QED) is 0.441. The molecule has 0 radical (unpaired) electrons. The van der Waals surface area contributed by atoms with Crippen molar-refractivity contribution in [3.8, 4) is 23.8 Å². The van der Waals surface area contributed by atoms with E-state index in [-0.39, 0.29) is 23.9 Å². The zero-order chi connectivity index (χ0) is 21.0. The molecule has 0 N–H and O–H groups in total. The van der Waals surface area contributed by atoms with Crippen LogP contribution in [0.3, 0.4) is 0 Å². The highest BCUT2D eigenvalue weighted by atomic mass is 79.9. The number of rotatable bonds is 6. The van der Waals surface area contributed by atoms with Crippen LogP contribution in [0.4, 0.5) is 9.18 Å². The topological polar surface area (TPSA) is 55.8 Å². The number of methoxy groups -OCH3 is 1. The Morgan fingerprint density at radius 1 is 1.31 bits per heavy atom. The summed E-state index contributed by atoms with van der Waals surface area (Å²) in [7, 11) is 1.49. The summed E-state index contributed by atoms with van der Waals surface area (Å²) in [5.74, 6) is 2.38. The van der Waals surface area contributed by atoms with Crippen molar-refractivity contribution >= 4 is 44.9 Å². The van der Waals surface area contributed by atoms with Crippen molar-refractivity contribution in [2.24, 2.45) is 0 Å². The van der Waals surface area contributed by atoms with Crippen LogP contribution in [-0.2, 0) is 11.4 Å². The van der Waals surface area contributed by atoms with Crippen LogP contribution in [0.2, 0.25) is 0 Å². The Bertz CT molecular complexity index is 1050. The third kappa shape index (κ3) is 4.81. The summed E-state index contributed by atoms with van der Waals surface area (Å²) < 4.78 is 25.1. The van der Waals surface area contributed by atoms with Crippen LogP contribution < -0.4 is 9.47 Å². The number of benzene rings is 2. The molecule has 1 aliphatic rings. The molecule has 1 saturated heterocycles. The summed E-state index contributed by atoms with van der Waals surface area (Å²) in [4.78, 5) is 25.5. The number of nitrogens with zero attached hydrogens (tertiary/aromatic N) is 1. The normalized spacial score (nSPS) is 15.0. The lowest BCUT2D eigenvalue weighted by atomic mass is 10.1. The number of hydrogen-bond acceptors (Lipinski definition) is 5. The third-order valence-electron chi connectivity index (χ3n) is 3.94. The molecular weight excluding hydrogens is 461 g/mol. The van der Waals surface area contributed by atoms with E-state index in [4.69, 9.17) is 15.9 Å². The van der Waals surface area contributed by atoms with Gasteiger partial charge in [0, 0.05) is 0 Å². The molecule has 5 nitrogen and oxygen atoms in total. The molecule has 1 aliphatic heterocycles. The molecule has 2 aromatic rings. The molecule has 29 heavy (non-hydrogen) atoms. The smallest absolute Gasteiger partial charge is 0.294 e. The second kappa shape index (κ2) is 9.16. The fourth-order valence-electron chi connectivity index (χ4n) is 2.62. The molecule has 3 rings (SSSR count). The Hall–Kier alpha value is -2.76. The minimum atomic E-state index is -0.431. The second-order valence-electron chi connectivity index (χ2n) is 5.92. The maximum atomic E-state index is 13.3. The summed E-state index contributed by atoms with van der Waals surface area (Å²) in [5, 5.41) is -0.403. The zero-order valence-corrected chi connectivity index (χ0v) is 17.7. The minimum Gasteiger partial charge on any atom is -0.493 e. The fraction of sp³-hybridized carbons (Fsp3) is 0.143. The van der Waals surface area contributed by atoms with Crippen LogP contribution in [0, 0.1) is 18.2 Å². The fourth-order valence-corrected chi connectivity index (χ4v) is 4.04. The van der Waals surface area contributed by atoms with Gasteiger partial charge in [0.25, 0.3) is 11.1 Å². The first kappa shape index (κ1) is 21.0. The number of ether oxygens (including phenoxy) is 2. The molecule has 0 spiro atoms. The van der Waals surface area contributed by atoms with E-state index >= 15 is 0 Å². The summed E-state index contributed by atoms with van der Waals surface area (Å²) in [6.45, 7) is 0.0823. The SMILES string of the molecule is C#CCN1C(=O)S/C(=C/c2cc(Br)c(OCc3cccc(F)c3)c(OC)c2)C1=O. The van der Waals surface area contributed by atoms with Crippen molar-refractivity contribution in [2.45, 2.75) is 6.61 Å². The molecule has 1 fully saturated rings. The van der Waals surface area contributed by atoms with Crippen molar-refractivity contribution in [1.82, 2.24) is 4.90 Å². The lowest BCUT2D eigenvalue weighted by molar-refractivity contribution is -0.122. The summed E-state index contributed by atoms with van der Waals surface area (Å²) in [5.41, 5.74) is 1.31. The molecule has 0 aliphatic carbocycles. The van der Waals surface area contributed by atoms with E-state index in [9.17, 15) is 14.0 Å². The second-order valence-corrected chi connectivity index (χ2v) is 7.77. The average Bonchev–Trinajstić information content (AvgIpc) is 2.94. The highest BCUT2D eigenvalue weighted by molar-refractivity contribution is 9.10. The average molecular weight is 476 g/mol. The monoisotopic (exact) mass is 475 g/mol. The maximum absolute atomic E-state index is 13.3. The highest BCUT2D eigenvalue weighted by Crippen LogP contribution is 2.39. The van der Waals surface area contributed by atoms with Gasteiger partial charge < -0.3 is 9.47 Å². The van der Waals surface area contributed by atoms with Crippen LogP contribution in [-0.4, -0.2) is 29.7 Å². The number of imide groups is 1. The molecule has 8 heteroatoms. The summed E-state index contributed by atoms with van der Waals surface area (Å²) in [6, 6.07) is 9.53. The molecule has 2 amide bonds. The van der Waals surface area contributed by atoms with Gasteiger partial charge in [0.2, 0.25) is 0 Å². The number of hydrogen-bond donors (Lipinski definition) is 0. The zero-order valence-electron chi connectivity index (χ0n) is 15.3. The van der Waals surface area contributed by atoms with E-state index in [1.54, 1.807) is 30.3 Å². The Balaban J connectivity index is 1.84. The molecule has 0 saturated carbocycles. The first-order chi connectivity index (χ1) is 13.9. The highest BCUT2D eigenvalue weighted by Gasteiger charge is 2.34. The Kier molecular flexibility index (Phi) is 6.62. The third-order valence-corrected chi connectivity index (χ3v) is 5.44. The van der Waals surface area contributed by atoms with Gasteiger partial charge in [-0.25, -0.2) is 4.39 Å². The largest absolute Gasteiger partial charge is 0.493 e. The van der Waals surface area contributed by atoms with Gasteiger partial charge in [0.1, 0.15) is 12.4 Å². The van der Waals surface area contributed by atoms with Crippen LogP contribution in [0.15, 0.2) is 45.8 Å². The summed E-state index contributed by atoms with van der Waals surface area (Å²) in [6.07, 6.45) is 6.79. The van der Waals surface area contributed by atoms with Crippen molar-refractivity contribution in [2.75, 3.05) is 13.7 Å². The standard InChI is InChI=1S/C21H15BrFNO4S/c1-3-7-24-20(25)18(29-21(24)26)11-14-9-16(22)19(17(10-14)27-2)28-12-13-5-4-6-15(23)8-13/h1,4-6,8-11H,7,12H2,2H3/b18-11+. The van der Waals surface area contributed by atoms with E-state index < -0.39 is 11.1 Å². The number of carbonyl (C=O) groups is 2. The van der Waals surface area contributed by atoms with Gasteiger partial charge >= 0.3 is 0 Å². The molecular formula is C21H15BrFNO4S. The Morgan fingerprint density at radius 2 is 2.10 bits per heavy atom. The number of carbonyl (C=O) groups excluding carboxylic acids is 2. The molecule has 148 valence electrons. The van der Waals surface area contributed by atoms with Gasteiger partial charge in [-0.05, 0) is 69.2 Å². The number of terminal acetylenes is 1. The molecule has 0 aromatic heterocycles. The van der Waals surface area contributed by atoms with E-state index in [1.165, 1.54) is 19.2 Å². The lowest BCUT2D eigenvalue weighted by Crippen LogP contribution is -2.28. The van der Waals surface area contributed by atoms with Gasteiger partial charge in [-0.15, -0.1) is 6.42 Å². The Labute approximate surface area is 180 Å². The Morgan fingerprint density at radius 3 is 2.79 bits per heavy atom. The van der Waals surface area contributed by atoms with Crippen LogP contribution in [0.1, 0.15) is 11.1 Å². The van der Waals surface area contributed by atoms with Crippen LogP contribution in [0.25, 0.3) is 6.08 Å². The minimum absolute atomic E-state index is 0.0676. The predicted octanol–water partition coefficient (Wildman–Crippen LogP) is 4.85. The molecule has 0 bridgehead atoms. The molecule has 2 aromatic carbocycles. The van der Waals surface area contributed by atoms with Gasteiger partial charge in [-0.3, -0.25) is 14.5 Å². The first-order valence-corrected chi connectivity index (χ1v) is 9.97. The van der Waals surface area contributed by atoms with Crippen molar-refractivity contribution in [1.29, 1.82) is 0 Å². The maximum Gasteiger partial charge on any atom is 0.294 e. The van der Waals surface area contributed by atoms with E-state index in [0.717, 1.165) is 16.7 Å². The van der Waals surface area contributed by atoms with Crippen LogP contribution in [0.5, 0.6) is 11.5 Å². The van der Waals surface area contributed by atoms with Crippen LogP contribution >= 0.6 is 27.7 Å². The van der Waals surface area contributed by atoms with Gasteiger partial charge in [-0.2, -0.15) is 0 Å². The first-order valence-electron chi connectivity index (χ1n) is 8.36. The number of halogens is 2. The molecule has 0 atom stereocenters. The van der Waals surface area contributed by atoms with Crippen molar-refractivity contribution in [3.05, 3.63) is 62.7 Å². The van der Waals surface area contributed by atoms with Gasteiger partial charge in [-0.1, -0.05) is 18.1 Å².